The topological polar surface area (TPSA) is 90.2 Å². The zero-order valence-electron chi connectivity index (χ0n) is 13.1. The highest BCUT2D eigenvalue weighted by Gasteiger charge is 2.49. The van der Waals surface area contributed by atoms with Crippen molar-refractivity contribution in [3.63, 3.8) is 0 Å². The lowest BCUT2D eigenvalue weighted by Crippen LogP contribution is -2.53. The van der Waals surface area contributed by atoms with Crippen LogP contribution in [0.25, 0.3) is 0 Å². The molecule has 1 aromatic rings. The second kappa shape index (κ2) is 6.57. The van der Waals surface area contributed by atoms with Crippen molar-refractivity contribution < 1.29 is 24.9 Å². The van der Waals surface area contributed by atoms with Crippen molar-refractivity contribution in [3.05, 3.63) is 29.8 Å². The number of benzene rings is 1. The third-order valence-corrected chi connectivity index (χ3v) is 5.02. The molecule has 0 aromatic heterocycles. The Bertz CT molecular complexity index is 561. The van der Waals surface area contributed by atoms with Gasteiger partial charge in [-0.05, 0) is 37.1 Å². The average Bonchev–Trinajstić information content (AvgIpc) is 2.86. The van der Waals surface area contributed by atoms with Crippen molar-refractivity contribution in [2.24, 2.45) is 0 Å². The van der Waals surface area contributed by atoms with Crippen LogP contribution >= 0.6 is 0 Å². The summed E-state index contributed by atoms with van der Waals surface area (Å²) in [7, 11) is 1.58. The van der Waals surface area contributed by atoms with Gasteiger partial charge in [0.25, 0.3) is 0 Å². The van der Waals surface area contributed by atoms with E-state index in [0.717, 1.165) is 0 Å². The van der Waals surface area contributed by atoms with Gasteiger partial charge in [0, 0.05) is 24.6 Å². The number of hydrogen-bond acceptors (Lipinski definition) is 6. The normalized spacial score (nSPS) is 34.2. The highest BCUT2D eigenvalue weighted by atomic mass is 16.5. The van der Waals surface area contributed by atoms with Gasteiger partial charge in [-0.1, -0.05) is 0 Å². The number of methoxy groups -OCH3 is 1. The Morgan fingerprint density at radius 3 is 2.52 bits per heavy atom. The van der Waals surface area contributed by atoms with E-state index in [2.05, 4.69) is 0 Å². The number of carbonyl (C=O) groups is 1. The van der Waals surface area contributed by atoms with Gasteiger partial charge in [-0.3, -0.25) is 9.69 Å². The Morgan fingerprint density at radius 2 is 1.87 bits per heavy atom. The maximum absolute atomic E-state index is 12.5. The van der Waals surface area contributed by atoms with Gasteiger partial charge in [-0.25, -0.2) is 0 Å². The molecule has 2 saturated heterocycles. The first kappa shape index (κ1) is 16.4. The standard InChI is InChI=1S/C17H23NO5/c1-23-12-5-2-10(3-6-12)14(20)8-11-4-7-13(19)16-17(22)15(21)9-18(11)16/h2-3,5-6,11,13,15-17,19,21-22H,4,7-9H2,1H3/t11-,13-,15-,16-,17-/m1/s1. The molecule has 1 aromatic carbocycles. The van der Waals surface area contributed by atoms with Crippen LogP contribution in [0.3, 0.4) is 0 Å². The van der Waals surface area contributed by atoms with Crippen molar-refractivity contribution in [3.8, 4) is 5.75 Å². The van der Waals surface area contributed by atoms with E-state index in [0.29, 0.717) is 37.1 Å². The summed E-state index contributed by atoms with van der Waals surface area (Å²) in [5, 5.41) is 30.0. The minimum absolute atomic E-state index is 0.0173. The first-order chi connectivity index (χ1) is 11.0. The van der Waals surface area contributed by atoms with Gasteiger partial charge in [0.1, 0.15) is 5.75 Å². The maximum Gasteiger partial charge on any atom is 0.164 e. The molecule has 0 unspecified atom stereocenters. The lowest BCUT2D eigenvalue weighted by molar-refractivity contribution is -0.0453. The molecule has 0 bridgehead atoms. The van der Waals surface area contributed by atoms with Crippen LogP contribution in [-0.4, -0.2) is 70.1 Å². The third kappa shape index (κ3) is 3.12. The van der Waals surface area contributed by atoms with Crippen LogP contribution in [0.4, 0.5) is 0 Å². The van der Waals surface area contributed by atoms with E-state index in [1.54, 1.807) is 31.4 Å². The van der Waals surface area contributed by atoms with Crippen LogP contribution in [0.2, 0.25) is 0 Å². The fraction of sp³-hybridized carbons (Fsp3) is 0.588. The minimum atomic E-state index is -0.955. The molecule has 23 heavy (non-hydrogen) atoms. The molecule has 2 aliphatic heterocycles. The van der Waals surface area contributed by atoms with E-state index < -0.39 is 24.4 Å². The molecule has 126 valence electrons. The van der Waals surface area contributed by atoms with Crippen molar-refractivity contribution in [2.75, 3.05) is 13.7 Å². The molecule has 0 saturated carbocycles. The first-order valence-electron chi connectivity index (χ1n) is 7.98. The van der Waals surface area contributed by atoms with Crippen molar-refractivity contribution in [1.82, 2.24) is 4.90 Å². The molecular formula is C17H23NO5. The molecular weight excluding hydrogens is 298 g/mol. The number of hydrogen-bond donors (Lipinski definition) is 3. The van der Waals surface area contributed by atoms with Crippen LogP contribution in [0.15, 0.2) is 24.3 Å². The summed E-state index contributed by atoms with van der Waals surface area (Å²) >= 11 is 0. The van der Waals surface area contributed by atoms with Crippen LogP contribution < -0.4 is 4.74 Å². The van der Waals surface area contributed by atoms with Gasteiger partial charge in [0.05, 0.1) is 31.5 Å². The zero-order chi connectivity index (χ0) is 16.6. The molecule has 5 atom stereocenters. The van der Waals surface area contributed by atoms with Crippen LogP contribution in [-0.2, 0) is 0 Å². The first-order valence-corrected chi connectivity index (χ1v) is 7.98. The summed E-state index contributed by atoms with van der Waals surface area (Å²) in [6.45, 7) is 0.295. The molecule has 3 N–H and O–H groups in total. The molecule has 0 radical (unpaired) electrons. The SMILES string of the molecule is COc1ccc(C(=O)C[C@H]2CC[C@@H](O)[C@@H]3[C@H](O)[C@H](O)CN23)cc1. The van der Waals surface area contributed by atoms with Gasteiger partial charge in [0.15, 0.2) is 5.78 Å². The Morgan fingerprint density at radius 1 is 1.17 bits per heavy atom. The number of carbonyl (C=O) groups excluding carboxylic acids is 1. The van der Waals surface area contributed by atoms with E-state index in [-0.39, 0.29) is 11.8 Å². The second-order valence-corrected chi connectivity index (χ2v) is 6.40. The smallest absolute Gasteiger partial charge is 0.164 e. The zero-order valence-corrected chi connectivity index (χ0v) is 13.1. The number of nitrogens with zero attached hydrogens (tertiary/aromatic N) is 1. The number of ether oxygens (including phenoxy) is 1. The lowest BCUT2D eigenvalue weighted by Gasteiger charge is -2.40. The van der Waals surface area contributed by atoms with Crippen LogP contribution in [0.1, 0.15) is 29.6 Å². The molecule has 2 fully saturated rings. The monoisotopic (exact) mass is 321 g/mol. The summed E-state index contributed by atoms with van der Waals surface area (Å²) in [4.78, 5) is 14.4. The Balaban J connectivity index is 1.70. The van der Waals surface area contributed by atoms with Crippen LogP contribution in [0.5, 0.6) is 5.75 Å². The average molecular weight is 321 g/mol. The van der Waals surface area contributed by atoms with E-state index in [1.807, 2.05) is 4.90 Å². The highest BCUT2D eigenvalue weighted by molar-refractivity contribution is 5.96. The molecule has 3 rings (SSSR count). The predicted molar refractivity (Wildman–Crippen MR) is 83.5 cm³/mol. The minimum Gasteiger partial charge on any atom is -0.497 e. The Hall–Kier alpha value is -1.47. The predicted octanol–water partition coefficient (Wildman–Crippen LogP) is 0.197. The van der Waals surface area contributed by atoms with E-state index in [1.165, 1.54) is 0 Å². The number of piperidine rings is 1. The number of aliphatic hydroxyl groups excluding tert-OH is 3. The van der Waals surface area contributed by atoms with Gasteiger partial charge in [-0.15, -0.1) is 0 Å². The molecule has 0 amide bonds. The maximum atomic E-state index is 12.5. The summed E-state index contributed by atoms with van der Waals surface area (Å²) < 4.78 is 5.09. The molecule has 2 aliphatic rings. The highest BCUT2D eigenvalue weighted by Crippen LogP contribution is 2.33. The molecule has 0 aliphatic carbocycles. The van der Waals surface area contributed by atoms with E-state index >= 15 is 0 Å². The van der Waals surface area contributed by atoms with Crippen molar-refractivity contribution in [2.45, 2.75) is 49.7 Å². The largest absolute Gasteiger partial charge is 0.497 e. The number of rotatable bonds is 4. The Labute approximate surface area is 135 Å². The van der Waals surface area contributed by atoms with E-state index in [9.17, 15) is 20.1 Å². The number of fused-ring (bicyclic) bond motifs is 1. The lowest BCUT2D eigenvalue weighted by atomic mass is 9.89. The van der Waals surface area contributed by atoms with Gasteiger partial charge in [0.2, 0.25) is 0 Å². The van der Waals surface area contributed by atoms with Crippen molar-refractivity contribution in [1.29, 1.82) is 0 Å². The fourth-order valence-electron chi connectivity index (χ4n) is 3.74. The summed E-state index contributed by atoms with van der Waals surface area (Å²) in [6.07, 6.45) is -0.954. The summed E-state index contributed by atoms with van der Waals surface area (Å²) in [5.41, 5.74) is 0.619. The number of Topliss-reactive ketones (excluding diaryl/α,β-unsaturated/α-hetero) is 1. The second-order valence-electron chi connectivity index (χ2n) is 6.40. The summed E-state index contributed by atoms with van der Waals surface area (Å²) in [5.74, 6) is 0.719. The van der Waals surface area contributed by atoms with Gasteiger partial charge >= 0.3 is 0 Å². The molecule has 2 heterocycles. The molecule has 6 heteroatoms. The van der Waals surface area contributed by atoms with Gasteiger partial charge < -0.3 is 20.1 Å². The van der Waals surface area contributed by atoms with Crippen LogP contribution in [0, 0.1) is 0 Å². The Kier molecular flexibility index (Phi) is 4.68. The third-order valence-electron chi connectivity index (χ3n) is 5.02. The number of aliphatic hydroxyl groups is 3. The van der Waals surface area contributed by atoms with Crippen molar-refractivity contribution >= 4 is 5.78 Å². The summed E-state index contributed by atoms with van der Waals surface area (Å²) in [6, 6.07) is 6.44. The molecule has 0 spiro atoms. The van der Waals surface area contributed by atoms with E-state index in [4.69, 9.17) is 4.74 Å². The number of ketones is 1. The quantitative estimate of drug-likeness (QED) is 0.686. The fourth-order valence-corrected chi connectivity index (χ4v) is 3.74. The van der Waals surface area contributed by atoms with Gasteiger partial charge in [-0.2, -0.15) is 0 Å². The molecule has 6 nitrogen and oxygen atoms in total.